The van der Waals surface area contributed by atoms with Gasteiger partial charge in [0.05, 0.1) is 0 Å². The zero-order valence-electron chi connectivity index (χ0n) is 10.8. The van der Waals surface area contributed by atoms with E-state index in [0.717, 1.165) is 31.5 Å². The lowest BCUT2D eigenvalue weighted by Crippen LogP contribution is -2.38. The summed E-state index contributed by atoms with van der Waals surface area (Å²) in [6.07, 6.45) is 1.64. The molecule has 1 saturated heterocycles. The van der Waals surface area contributed by atoms with Crippen LogP contribution in [0, 0.1) is 6.92 Å². The number of phenols is 1. The van der Waals surface area contributed by atoms with Gasteiger partial charge in [-0.15, -0.1) is 0 Å². The molecule has 0 bridgehead atoms. The first-order valence-corrected chi connectivity index (χ1v) is 6.32. The van der Waals surface area contributed by atoms with Crippen LogP contribution < -0.4 is 4.74 Å². The number of carbonyl (C=O) groups excluding carboxylic acids is 1. The zero-order valence-corrected chi connectivity index (χ0v) is 10.8. The van der Waals surface area contributed by atoms with Crippen molar-refractivity contribution in [3.8, 4) is 11.5 Å². The minimum atomic E-state index is -0.510. The average Bonchev–Trinajstić information content (AvgIpc) is 2.79. The maximum atomic E-state index is 12.1. The molecule has 1 amide bonds. The van der Waals surface area contributed by atoms with Crippen LogP contribution in [0.1, 0.15) is 25.3 Å². The molecule has 0 saturated carbocycles. The van der Waals surface area contributed by atoms with Crippen LogP contribution in [-0.4, -0.2) is 35.1 Å². The normalized spacial score (nSPS) is 16.7. The van der Waals surface area contributed by atoms with Gasteiger partial charge in [-0.3, -0.25) is 4.79 Å². The first-order chi connectivity index (χ1) is 8.56. The van der Waals surface area contributed by atoms with Gasteiger partial charge < -0.3 is 14.7 Å². The summed E-state index contributed by atoms with van der Waals surface area (Å²) in [5, 5.41) is 9.48. The first kappa shape index (κ1) is 12.7. The van der Waals surface area contributed by atoms with E-state index in [4.69, 9.17) is 4.74 Å². The smallest absolute Gasteiger partial charge is 0.263 e. The molecule has 0 spiro atoms. The van der Waals surface area contributed by atoms with E-state index in [2.05, 4.69) is 0 Å². The lowest BCUT2D eigenvalue weighted by atomic mass is 10.2. The second kappa shape index (κ2) is 5.29. The molecule has 1 fully saturated rings. The van der Waals surface area contributed by atoms with E-state index >= 15 is 0 Å². The van der Waals surface area contributed by atoms with E-state index in [-0.39, 0.29) is 11.7 Å². The number of aryl methyl sites for hydroxylation is 1. The maximum Gasteiger partial charge on any atom is 0.263 e. The Morgan fingerprint density at radius 3 is 2.61 bits per heavy atom. The summed E-state index contributed by atoms with van der Waals surface area (Å²) >= 11 is 0. The van der Waals surface area contributed by atoms with E-state index in [1.807, 2.05) is 17.9 Å². The number of hydrogen-bond donors (Lipinski definition) is 1. The lowest BCUT2D eigenvalue weighted by Gasteiger charge is -2.21. The number of amides is 1. The Kier molecular flexibility index (Phi) is 3.75. The fourth-order valence-electron chi connectivity index (χ4n) is 2.25. The molecule has 4 nitrogen and oxygen atoms in total. The second-order valence-corrected chi connectivity index (χ2v) is 4.80. The van der Waals surface area contributed by atoms with E-state index in [9.17, 15) is 9.90 Å². The second-order valence-electron chi connectivity index (χ2n) is 4.80. The molecule has 2 rings (SSSR count). The molecular formula is C14H19NO3. The number of hydrogen-bond acceptors (Lipinski definition) is 3. The molecule has 1 atom stereocenters. The minimum Gasteiger partial charge on any atom is -0.508 e. The Morgan fingerprint density at radius 2 is 2.00 bits per heavy atom. The molecule has 1 aromatic rings. The topological polar surface area (TPSA) is 49.8 Å². The predicted octanol–water partition coefficient (Wildman–Crippen LogP) is 2.09. The highest BCUT2D eigenvalue weighted by atomic mass is 16.5. The molecule has 1 N–H and O–H groups in total. The van der Waals surface area contributed by atoms with E-state index in [1.165, 1.54) is 6.07 Å². The van der Waals surface area contributed by atoms with Crippen LogP contribution in [0.3, 0.4) is 0 Å². The summed E-state index contributed by atoms with van der Waals surface area (Å²) in [6.45, 7) is 5.27. The summed E-state index contributed by atoms with van der Waals surface area (Å²) in [7, 11) is 0. The van der Waals surface area contributed by atoms with Gasteiger partial charge >= 0.3 is 0 Å². The highest BCUT2D eigenvalue weighted by Gasteiger charge is 2.24. The van der Waals surface area contributed by atoms with Crippen molar-refractivity contribution in [2.45, 2.75) is 32.8 Å². The molecule has 0 aromatic heterocycles. The van der Waals surface area contributed by atoms with Gasteiger partial charge in [-0.25, -0.2) is 0 Å². The number of aromatic hydroxyl groups is 1. The van der Waals surface area contributed by atoms with Crippen LogP contribution in [-0.2, 0) is 4.79 Å². The number of phenolic OH excluding ortho intramolecular Hbond substituents is 1. The predicted molar refractivity (Wildman–Crippen MR) is 68.7 cm³/mol. The van der Waals surface area contributed by atoms with E-state index in [1.54, 1.807) is 13.0 Å². The van der Waals surface area contributed by atoms with Gasteiger partial charge in [0, 0.05) is 19.2 Å². The number of rotatable bonds is 3. The molecule has 1 aliphatic heterocycles. The van der Waals surface area contributed by atoms with Crippen LogP contribution in [0.25, 0.3) is 0 Å². The SMILES string of the molecule is Cc1cc(O)cc(OC(C)C(=O)N2CCCC2)c1. The van der Waals surface area contributed by atoms with Crippen molar-refractivity contribution < 1.29 is 14.6 Å². The Bertz CT molecular complexity index is 418. The highest BCUT2D eigenvalue weighted by Crippen LogP contribution is 2.22. The van der Waals surface area contributed by atoms with E-state index < -0.39 is 6.10 Å². The molecule has 0 aliphatic carbocycles. The standard InChI is InChI=1S/C14H19NO3/c1-10-7-12(16)9-13(8-10)18-11(2)14(17)15-5-3-4-6-15/h7-9,11,16H,3-6H2,1-2H3. The fourth-order valence-corrected chi connectivity index (χ4v) is 2.25. The molecule has 1 aliphatic rings. The van der Waals surface area contributed by atoms with Gasteiger partial charge in [-0.1, -0.05) is 0 Å². The zero-order chi connectivity index (χ0) is 13.1. The number of benzene rings is 1. The van der Waals surface area contributed by atoms with Crippen LogP contribution in [0.2, 0.25) is 0 Å². The Labute approximate surface area is 107 Å². The molecule has 1 unspecified atom stereocenters. The molecular weight excluding hydrogens is 230 g/mol. The van der Waals surface area contributed by atoms with Gasteiger partial charge in [-0.05, 0) is 44.4 Å². The molecule has 4 heteroatoms. The molecule has 1 aromatic carbocycles. The summed E-state index contributed by atoms with van der Waals surface area (Å²) in [6, 6.07) is 4.99. The van der Waals surface area contributed by atoms with Crippen molar-refractivity contribution in [2.75, 3.05) is 13.1 Å². The average molecular weight is 249 g/mol. The van der Waals surface area contributed by atoms with Crippen LogP contribution in [0.5, 0.6) is 11.5 Å². The number of nitrogens with zero attached hydrogens (tertiary/aromatic N) is 1. The van der Waals surface area contributed by atoms with Crippen molar-refractivity contribution in [3.63, 3.8) is 0 Å². The highest BCUT2D eigenvalue weighted by molar-refractivity contribution is 5.81. The number of ether oxygens (including phenoxy) is 1. The van der Waals surface area contributed by atoms with Gasteiger partial charge in [0.15, 0.2) is 6.10 Å². The lowest BCUT2D eigenvalue weighted by molar-refractivity contribution is -0.136. The van der Waals surface area contributed by atoms with Crippen LogP contribution in [0.4, 0.5) is 0 Å². The van der Waals surface area contributed by atoms with Gasteiger partial charge in [0.2, 0.25) is 0 Å². The van der Waals surface area contributed by atoms with Gasteiger partial charge in [0.1, 0.15) is 11.5 Å². The largest absolute Gasteiger partial charge is 0.508 e. The van der Waals surface area contributed by atoms with Crippen LogP contribution in [0.15, 0.2) is 18.2 Å². The molecule has 18 heavy (non-hydrogen) atoms. The van der Waals surface area contributed by atoms with E-state index in [0.29, 0.717) is 5.75 Å². The van der Waals surface area contributed by atoms with Crippen LogP contribution >= 0.6 is 0 Å². The molecule has 98 valence electrons. The Balaban J connectivity index is 2.01. The third kappa shape index (κ3) is 2.94. The maximum absolute atomic E-state index is 12.1. The first-order valence-electron chi connectivity index (χ1n) is 6.32. The van der Waals surface area contributed by atoms with Gasteiger partial charge in [-0.2, -0.15) is 0 Å². The molecule has 1 heterocycles. The van der Waals surface area contributed by atoms with Crippen molar-refractivity contribution >= 4 is 5.91 Å². The Hall–Kier alpha value is -1.71. The summed E-state index contributed by atoms with van der Waals surface area (Å²) in [5.74, 6) is 0.715. The van der Waals surface area contributed by atoms with Gasteiger partial charge in [0.25, 0.3) is 5.91 Å². The fraction of sp³-hybridized carbons (Fsp3) is 0.500. The molecule has 0 radical (unpaired) electrons. The quantitative estimate of drug-likeness (QED) is 0.892. The number of likely N-dealkylation sites (tertiary alicyclic amines) is 1. The summed E-state index contributed by atoms with van der Waals surface area (Å²) in [4.78, 5) is 13.9. The van der Waals surface area contributed by atoms with Crippen molar-refractivity contribution in [3.05, 3.63) is 23.8 Å². The third-order valence-electron chi connectivity index (χ3n) is 3.11. The minimum absolute atomic E-state index is 0.0218. The van der Waals surface area contributed by atoms with Crippen molar-refractivity contribution in [2.24, 2.45) is 0 Å². The van der Waals surface area contributed by atoms with Crippen molar-refractivity contribution in [1.29, 1.82) is 0 Å². The Morgan fingerprint density at radius 1 is 1.33 bits per heavy atom. The monoisotopic (exact) mass is 249 g/mol. The summed E-state index contributed by atoms with van der Waals surface area (Å²) < 4.78 is 5.60. The number of carbonyl (C=O) groups is 1. The summed E-state index contributed by atoms with van der Waals surface area (Å²) in [5.41, 5.74) is 0.908. The van der Waals surface area contributed by atoms with Crippen molar-refractivity contribution in [1.82, 2.24) is 4.90 Å². The third-order valence-corrected chi connectivity index (χ3v) is 3.11.